The van der Waals surface area contributed by atoms with E-state index < -0.39 is 0 Å². The van der Waals surface area contributed by atoms with E-state index in [9.17, 15) is 0 Å². The van der Waals surface area contributed by atoms with E-state index in [-0.39, 0.29) is 0 Å². The molecule has 1 saturated heterocycles. The summed E-state index contributed by atoms with van der Waals surface area (Å²) in [5.41, 5.74) is 0. The Morgan fingerprint density at radius 1 is 1.25 bits per heavy atom. The minimum atomic E-state index is 0.574. The second kappa shape index (κ2) is 7.97. The number of hydrogen-bond donors (Lipinski definition) is 1. The third-order valence-corrected chi connectivity index (χ3v) is 3.36. The first kappa shape index (κ1) is 14.9. The van der Waals surface area contributed by atoms with E-state index in [2.05, 4.69) is 5.32 Å². The van der Waals surface area contributed by atoms with Crippen molar-refractivity contribution in [2.24, 2.45) is 5.92 Å². The Bertz CT molecular complexity index is 383. The quantitative estimate of drug-likeness (QED) is 0.735. The Kier molecular flexibility index (Phi) is 5.95. The van der Waals surface area contributed by atoms with Crippen LogP contribution in [0.25, 0.3) is 0 Å². The third kappa shape index (κ3) is 4.02. The van der Waals surface area contributed by atoms with Gasteiger partial charge >= 0.3 is 0 Å². The van der Waals surface area contributed by atoms with E-state index in [1.807, 2.05) is 18.2 Å². The Balaban J connectivity index is 1.75. The zero-order chi connectivity index (χ0) is 14.2. The molecule has 0 amide bonds. The molecule has 2 rings (SSSR count). The van der Waals surface area contributed by atoms with Gasteiger partial charge in [-0.2, -0.15) is 0 Å². The van der Waals surface area contributed by atoms with E-state index >= 15 is 0 Å². The fourth-order valence-electron chi connectivity index (χ4n) is 2.24. The summed E-state index contributed by atoms with van der Waals surface area (Å²) in [4.78, 5) is 0. The van der Waals surface area contributed by atoms with Crippen molar-refractivity contribution >= 4 is 0 Å². The number of nitrogens with one attached hydrogen (secondary N) is 1. The maximum Gasteiger partial charge on any atom is 0.203 e. The van der Waals surface area contributed by atoms with Gasteiger partial charge in [-0.25, -0.2) is 0 Å². The van der Waals surface area contributed by atoms with Gasteiger partial charge in [0, 0.05) is 19.7 Å². The minimum absolute atomic E-state index is 0.574. The van der Waals surface area contributed by atoms with Crippen LogP contribution in [0.3, 0.4) is 0 Å². The van der Waals surface area contributed by atoms with Gasteiger partial charge < -0.3 is 24.3 Å². The SMILES string of the molecule is COc1cccc(OC)c1OCCNCC1CCOC1. The number of benzene rings is 1. The maximum absolute atomic E-state index is 5.77. The van der Waals surface area contributed by atoms with Crippen LogP contribution in [0.4, 0.5) is 0 Å². The van der Waals surface area contributed by atoms with E-state index in [4.69, 9.17) is 18.9 Å². The standard InChI is InChI=1S/C15H23NO4/c1-17-13-4-3-5-14(18-2)15(13)20-9-7-16-10-12-6-8-19-11-12/h3-5,12,16H,6-11H2,1-2H3. The molecule has 1 aromatic carbocycles. The Hall–Kier alpha value is -1.46. The molecular formula is C15H23NO4. The lowest BCUT2D eigenvalue weighted by molar-refractivity contribution is 0.184. The summed E-state index contributed by atoms with van der Waals surface area (Å²) >= 11 is 0. The molecule has 1 N–H and O–H groups in total. The zero-order valence-electron chi connectivity index (χ0n) is 12.2. The summed E-state index contributed by atoms with van der Waals surface area (Å²) in [5.74, 6) is 2.67. The highest BCUT2D eigenvalue weighted by molar-refractivity contribution is 5.51. The highest BCUT2D eigenvalue weighted by atomic mass is 16.5. The molecule has 1 unspecified atom stereocenters. The second-order valence-corrected chi connectivity index (χ2v) is 4.77. The summed E-state index contributed by atoms with van der Waals surface area (Å²) in [6.07, 6.45) is 1.15. The van der Waals surface area contributed by atoms with Crippen LogP contribution in [0, 0.1) is 5.92 Å². The van der Waals surface area contributed by atoms with Gasteiger partial charge in [-0.05, 0) is 24.5 Å². The summed E-state index contributed by atoms with van der Waals surface area (Å²) in [7, 11) is 3.25. The van der Waals surface area contributed by atoms with Crippen LogP contribution in [0.15, 0.2) is 18.2 Å². The van der Waals surface area contributed by atoms with Gasteiger partial charge in [0.05, 0.1) is 20.8 Å². The lowest BCUT2D eigenvalue weighted by Gasteiger charge is -2.15. The van der Waals surface area contributed by atoms with Crippen LogP contribution < -0.4 is 19.5 Å². The predicted octanol–water partition coefficient (Wildman–Crippen LogP) is 1.71. The predicted molar refractivity (Wildman–Crippen MR) is 76.8 cm³/mol. The monoisotopic (exact) mass is 281 g/mol. The summed E-state index contributed by atoms with van der Waals surface area (Å²) < 4.78 is 21.7. The maximum atomic E-state index is 5.77. The Labute approximate surface area is 120 Å². The first-order valence-electron chi connectivity index (χ1n) is 6.97. The van der Waals surface area contributed by atoms with Gasteiger partial charge in [0.2, 0.25) is 5.75 Å². The minimum Gasteiger partial charge on any atom is -0.493 e. The van der Waals surface area contributed by atoms with Crippen molar-refractivity contribution in [2.75, 3.05) is 47.1 Å². The fraction of sp³-hybridized carbons (Fsp3) is 0.600. The van der Waals surface area contributed by atoms with Crippen molar-refractivity contribution in [2.45, 2.75) is 6.42 Å². The normalized spacial score (nSPS) is 18.0. The molecule has 1 aliphatic heterocycles. The molecule has 112 valence electrons. The molecule has 0 spiro atoms. The number of ether oxygens (including phenoxy) is 4. The molecular weight excluding hydrogens is 258 g/mol. The lowest BCUT2D eigenvalue weighted by Crippen LogP contribution is -2.27. The van der Waals surface area contributed by atoms with Gasteiger partial charge in [0.25, 0.3) is 0 Å². The molecule has 0 aliphatic carbocycles. The van der Waals surface area contributed by atoms with Crippen molar-refractivity contribution in [3.8, 4) is 17.2 Å². The van der Waals surface area contributed by atoms with Crippen molar-refractivity contribution in [3.05, 3.63) is 18.2 Å². The van der Waals surface area contributed by atoms with E-state index in [1.165, 1.54) is 0 Å². The van der Waals surface area contributed by atoms with E-state index in [1.54, 1.807) is 14.2 Å². The topological polar surface area (TPSA) is 49.0 Å². The first-order chi connectivity index (χ1) is 9.85. The zero-order valence-corrected chi connectivity index (χ0v) is 12.2. The average molecular weight is 281 g/mol. The molecule has 0 bridgehead atoms. The van der Waals surface area contributed by atoms with Crippen LogP contribution in [0.2, 0.25) is 0 Å². The number of hydrogen-bond acceptors (Lipinski definition) is 5. The van der Waals surface area contributed by atoms with Gasteiger partial charge in [0.1, 0.15) is 6.61 Å². The van der Waals surface area contributed by atoms with Crippen LogP contribution in [-0.2, 0) is 4.74 Å². The van der Waals surface area contributed by atoms with Crippen LogP contribution >= 0.6 is 0 Å². The van der Waals surface area contributed by atoms with Crippen molar-refractivity contribution in [1.29, 1.82) is 0 Å². The molecule has 1 fully saturated rings. The van der Waals surface area contributed by atoms with E-state index in [0.29, 0.717) is 29.8 Å². The first-order valence-corrected chi connectivity index (χ1v) is 6.97. The molecule has 5 nitrogen and oxygen atoms in total. The molecule has 1 heterocycles. The number of methoxy groups -OCH3 is 2. The van der Waals surface area contributed by atoms with Gasteiger partial charge in [-0.1, -0.05) is 6.07 Å². The lowest BCUT2D eigenvalue weighted by atomic mass is 10.1. The molecule has 1 aliphatic rings. The Morgan fingerprint density at radius 2 is 2.00 bits per heavy atom. The third-order valence-electron chi connectivity index (χ3n) is 3.36. The van der Waals surface area contributed by atoms with Crippen molar-refractivity contribution < 1.29 is 18.9 Å². The smallest absolute Gasteiger partial charge is 0.203 e. The molecule has 0 aromatic heterocycles. The molecule has 1 aromatic rings. The highest BCUT2D eigenvalue weighted by Crippen LogP contribution is 2.36. The molecule has 0 saturated carbocycles. The second-order valence-electron chi connectivity index (χ2n) is 4.77. The largest absolute Gasteiger partial charge is 0.493 e. The van der Waals surface area contributed by atoms with Crippen molar-refractivity contribution in [3.63, 3.8) is 0 Å². The molecule has 1 atom stereocenters. The van der Waals surface area contributed by atoms with Crippen molar-refractivity contribution in [1.82, 2.24) is 5.32 Å². The van der Waals surface area contributed by atoms with Crippen LogP contribution in [-0.4, -0.2) is 47.1 Å². The Morgan fingerprint density at radius 3 is 2.60 bits per heavy atom. The summed E-state index contributed by atoms with van der Waals surface area (Å²) in [6.45, 7) is 4.10. The molecule has 5 heteroatoms. The van der Waals surface area contributed by atoms with Crippen LogP contribution in [0.5, 0.6) is 17.2 Å². The average Bonchev–Trinajstić information content (AvgIpc) is 3.00. The molecule has 20 heavy (non-hydrogen) atoms. The summed E-state index contributed by atoms with van der Waals surface area (Å²) in [6, 6.07) is 5.60. The highest BCUT2D eigenvalue weighted by Gasteiger charge is 2.15. The fourth-order valence-corrected chi connectivity index (χ4v) is 2.24. The summed E-state index contributed by atoms with van der Waals surface area (Å²) in [5, 5.41) is 3.39. The van der Waals surface area contributed by atoms with Gasteiger partial charge in [-0.15, -0.1) is 0 Å². The van der Waals surface area contributed by atoms with Gasteiger partial charge in [0.15, 0.2) is 11.5 Å². The number of rotatable bonds is 8. The number of para-hydroxylation sites is 1. The van der Waals surface area contributed by atoms with Crippen LogP contribution in [0.1, 0.15) is 6.42 Å². The molecule has 0 radical (unpaired) electrons. The van der Waals surface area contributed by atoms with Gasteiger partial charge in [-0.3, -0.25) is 0 Å². The van der Waals surface area contributed by atoms with E-state index in [0.717, 1.165) is 32.7 Å².